The van der Waals surface area contributed by atoms with Gasteiger partial charge in [0.25, 0.3) is 5.91 Å². The summed E-state index contributed by atoms with van der Waals surface area (Å²) in [6.07, 6.45) is -0.615. The quantitative estimate of drug-likeness (QED) is 0.879. The number of anilines is 1. The van der Waals surface area contributed by atoms with Crippen molar-refractivity contribution in [2.24, 2.45) is 5.73 Å². The van der Waals surface area contributed by atoms with Gasteiger partial charge in [0.1, 0.15) is 12.3 Å². The van der Waals surface area contributed by atoms with Crippen molar-refractivity contribution < 1.29 is 19.1 Å². The third-order valence-corrected chi connectivity index (χ3v) is 4.37. The Morgan fingerprint density at radius 1 is 1.38 bits per heavy atom. The molecule has 24 heavy (non-hydrogen) atoms. The number of carbonyl (C=O) groups is 2. The molecule has 0 aliphatic carbocycles. The SMILES string of the molecule is C[C@H]1Oc2ccc([C@@H](C)N)cc2N(CC(=O)N2CCOCC2)C1=O. The molecule has 0 radical (unpaired) electrons. The van der Waals surface area contributed by atoms with Gasteiger partial charge in [-0.2, -0.15) is 0 Å². The first-order valence-electron chi connectivity index (χ1n) is 8.20. The highest BCUT2D eigenvalue weighted by Gasteiger charge is 2.34. The number of hydrogen-bond acceptors (Lipinski definition) is 5. The minimum Gasteiger partial charge on any atom is -0.479 e. The monoisotopic (exact) mass is 333 g/mol. The molecule has 2 heterocycles. The fourth-order valence-corrected chi connectivity index (χ4v) is 2.92. The highest BCUT2D eigenvalue weighted by atomic mass is 16.5. The van der Waals surface area contributed by atoms with Crippen LogP contribution in [0.1, 0.15) is 25.5 Å². The summed E-state index contributed by atoms with van der Waals surface area (Å²) in [4.78, 5) is 28.4. The van der Waals surface area contributed by atoms with Gasteiger partial charge in [0.15, 0.2) is 6.10 Å². The average Bonchev–Trinajstić information content (AvgIpc) is 2.59. The van der Waals surface area contributed by atoms with Gasteiger partial charge >= 0.3 is 0 Å². The molecule has 7 heteroatoms. The molecule has 2 atom stereocenters. The Kier molecular flexibility index (Phi) is 4.73. The highest BCUT2D eigenvalue weighted by Crippen LogP contribution is 2.35. The van der Waals surface area contributed by atoms with Crippen LogP contribution >= 0.6 is 0 Å². The zero-order valence-electron chi connectivity index (χ0n) is 14.0. The molecular formula is C17H23N3O4. The molecule has 1 aromatic carbocycles. The average molecular weight is 333 g/mol. The van der Waals surface area contributed by atoms with Crippen LogP contribution in [0.5, 0.6) is 5.75 Å². The molecule has 2 aliphatic heterocycles. The fourth-order valence-electron chi connectivity index (χ4n) is 2.92. The van der Waals surface area contributed by atoms with Crippen molar-refractivity contribution in [3.05, 3.63) is 23.8 Å². The van der Waals surface area contributed by atoms with E-state index in [1.807, 2.05) is 25.1 Å². The Hall–Kier alpha value is -2.12. The van der Waals surface area contributed by atoms with Gasteiger partial charge < -0.3 is 20.1 Å². The molecule has 2 aliphatic rings. The topological polar surface area (TPSA) is 85.1 Å². The van der Waals surface area contributed by atoms with Crippen LogP contribution in [0, 0.1) is 0 Å². The van der Waals surface area contributed by atoms with Gasteiger partial charge in [0.2, 0.25) is 5.91 Å². The lowest BCUT2D eigenvalue weighted by Crippen LogP contribution is -2.51. The lowest BCUT2D eigenvalue weighted by molar-refractivity contribution is -0.136. The van der Waals surface area contributed by atoms with Crippen LogP contribution in [-0.2, 0) is 14.3 Å². The van der Waals surface area contributed by atoms with Crippen molar-refractivity contribution in [1.29, 1.82) is 0 Å². The molecule has 2 amide bonds. The largest absolute Gasteiger partial charge is 0.479 e. The Morgan fingerprint density at radius 3 is 2.75 bits per heavy atom. The second kappa shape index (κ2) is 6.78. The van der Waals surface area contributed by atoms with Crippen LogP contribution in [0.2, 0.25) is 0 Å². The van der Waals surface area contributed by atoms with Crippen molar-refractivity contribution in [2.75, 3.05) is 37.7 Å². The Labute approximate surface area is 141 Å². The van der Waals surface area contributed by atoms with Crippen LogP contribution in [0.4, 0.5) is 5.69 Å². The maximum atomic E-state index is 12.6. The first-order valence-corrected chi connectivity index (χ1v) is 8.20. The number of amides is 2. The van der Waals surface area contributed by atoms with Gasteiger partial charge in [-0.3, -0.25) is 14.5 Å². The molecule has 0 aromatic heterocycles. The molecule has 130 valence electrons. The third kappa shape index (κ3) is 3.22. The summed E-state index contributed by atoms with van der Waals surface area (Å²) < 4.78 is 10.9. The lowest BCUT2D eigenvalue weighted by Gasteiger charge is -2.35. The van der Waals surface area contributed by atoms with Crippen LogP contribution in [0.3, 0.4) is 0 Å². The molecule has 0 unspecified atom stereocenters. The molecule has 2 N–H and O–H groups in total. The van der Waals surface area contributed by atoms with E-state index in [9.17, 15) is 9.59 Å². The van der Waals surface area contributed by atoms with Crippen LogP contribution in [0.15, 0.2) is 18.2 Å². The zero-order valence-corrected chi connectivity index (χ0v) is 14.0. The van der Waals surface area contributed by atoms with Crippen molar-refractivity contribution in [1.82, 2.24) is 4.90 Å². The van der Waals surface area contributed by atoms with Crippen molar-refractivity contribution >= 4 is 17.5 Å². The Balaban J connectivity index is 1.87. The summed E-state index contributed by atoms with van der Waals surface area (Å²) in [5, 5.41) is 0. The molecular weight excluding hydrogens is 310 g/mol. The van der Waals surface area contributed by atoms with E-state index in [0.29, 0.717) is 37.7 Å². The summed E-state index contributed by atoms with van der Waals surface area (Å²) in [5.41, 5.74) is 7.44. The first-order chi connectivity index (χ1) is 11.5. The summed E-state index contributed by atoms with van der Waals surface area (Å²) in [6, 6.07) is 5.36. The number of morpholine rings is 1. The van der Waals surface area contributed by atoms with Crippen LogP contribution in [-0.4, -0.2) is 55.7 Å². The van der Waals surface area contributed by atoms with Crippen molar-refractivity contribution in [3.63, 3.8) is 0 Å². The van der Waals surface area contributed by atoms with Gasteiger partial charge in [-0.1, -0.05) is 6.07 Å². The van der Waals surface area contributed by atoms with Crippen LogP contribution in [0.25, 0.3) is 0 Å². The number of hydrogen-bond donors (Lipinski definition) is 1. The second-order valence-corrected chi connectivity index (χ2v) is 6.19. The summed E-state index contributed by atoms with van der Waals surface area (Å²) in [6.45, 7) is 5.74. The van der Waals surface area contributed by atoms with E-state index in [1.54, 1.807) is 11.8 Å². The maximum absolute atomic E-state index is 12.6. The van der Waals surface area contributed by atoms with Gasteiger partial charge in [-0.15, -0.1) is 0 Å². The third-order valence-electron chi connectivity index (χ3n) is 4.37. The van der Waals surface area contributed by atoms with E-state index in [1.165, 1.54) is 4.90 Å². The molecule has 1 saturated heterocycles. The molecule has 0 spiro atoms. The standard InChI is InChI=1S/C17H23N3O4/c1-11(18)13-3-4-15-14(9-13)20(17(22)12(2)24-15)10-16(21)19-5-7-23-8-6-19/h3-4,9,11-12H,5-8,10,18H2,1-2H3/t11-,12-/m1/s1. The van der Waals surface area contributed by atoms with Crippen molar-refractivity contribution in [2.45, 2.75) is 26.0 Å². The lowest BCUT2D eigenvalue weighted by atomic mass is 10.1. The van der Waals surface area contributed by atoms with Gasteiger partial charge in [-0.05, 0) is 31.5 Å². The molecule has 1 aromatic rings. The van der Waals surface area contributed by atoms with E-state index >= 15 is 0 Å². The number of carbonyl (C=O) groups excluding carboxylic acids is 2. The summed E-state index contributed by atoms with van der Waals surface area (Å²) >= 11 is 0. The smallest absolute Gasteiger partial charge is 0.268 e. The Bertz CT molecular complexity index is 641. The zero-order chi connectivity index (χ0) is 17.3. The number of benzene rings is 1. The van der Waals surface area contributed by atoms with E-state index in [-0.39, 0.29) is 24.4 Å². The second-order valence-electron chi connectivity index (χ2n) is 6.19. The highest BCUT2D eigenvalue weighted by molar-refractivity contribution is 6.03. The van der Waals surface area contributed by atoms with Crippen molar-refractivity contribution in [3.8, 4) is 5.75 Å². The number of ether oxygens (including phenoxy) is 2. The van der Waals surface area contributed by atoms with Gasteiger partial charge in [0, 0.05) is 19.1 Å². The maximum Gasteiger partial charge on any atom is 0.268 e. The molecule has 7 nitrogen and oxygen atoms in total. The normalized spacial score (nSPS) is 22.0. The number of rotatable bonds is 3. The predicted octanol–water partition coefficient (Wildman–Crippen LogP) is 0.679. The van der Waals surface area contributed by atoms with Gasteiger partial charge in [0.05, 0.1) is 18.9 Å². The number of fused-ring (bicyclic) bond motifs is 1. The van der Waals surface area contributed by atoms with E-state index in [0.717, 1.165) is 5.56 Å². The number of nitrogens with zero attached hydrogens (tertiary/aromatic N) is 2. The molecule has 0 saturated carbocycles. The van der Waals surface area contributed by atoms with E-state index in [4.69, 9.17) is 15.2 Å². The molecule has 1 fully saturated rings. The molecule has 3 rings (SSSR count). The first kappa shape index (κ1) is 16.7. The minimum absolute atomic E-state index is 0.00192. The van der Waals surface area contributed by atoms with E-state index in [2.05, 4.69) is 0 Å². The Morgan fingerprint density at radius 2 is 2.08 bits per heavy atom. The van der Waals surface area contributed by atoms with Crippen LogP contribution < -0.4 is 15.4 Å². The summed E-state index contributed by atoms with van der Waals surface area (Å²) in [5.74, 6) is 0.296. The molecule has 0 bridgehead atoms. The number of nitrogens with two attached hydrogens (primary N) is 1. The fraction of sp³-hybridized carbons (Fsp3) is 0.529. The van der Waals surface area contributed by atoms with E-state index < -0.39 is 6.10 Å². The van der Waals surface area contributed by atoms with Gasteiger partial charge in [-0.25, -0.2) is 0 Å². The predicted molar refractivity (Wildman–Crippen MR) is 88.9 cm³/mol. The summed E-state index contributed by atoms with van der Waals surface area (Å²) in [7, 11) is 0. The minimum atomic E-state index is -0.615.